The Hall–Kier alpha value is -3.07. The van der Waals surface area contributed by atoms with Gasteiger partial charge in [0.05, 0.1) is 22.0 Å². The van der Waals surface area contributed by atoms with Gasteiger partial charge in [0.2, 0.25) is 21.8 Å². The molecular formula is C30H35Cl2N3O4S. The molecule has 0 heterocycles. The Morgan fingerprint density at radius 2 is 1.62 bits per heavy atom. The molecule has 0 saturated heterocycles. The molecule has 40 heavy (non-hydrogen) atoms. The largest absolute Gasteiger partial charge is 0.354 e. The molecule has 2 amide bonds. The highest BCUT2D eigenvalue weighted by Crippen LogP contribution is 2.27. The fourth-order valence-corrected chi connectivity index (χ4v) is 5.58. The lowest BCUT2D eigenvalue weighted by atomic mass is 10.0. The van der Waals surface area contributed by atoms with Crippen molar-refractivity contribution in [1.29, 1.82) is 0 Å². The van der Waals surface area contributed by atoms with Crippen LogP contribution in [-0.4, -0.2) is 50.5 Å². The maximum Gasteiger partial charge on any atom is 0.244 e. The van der Waals surface area contributed by atoms with Crippen molar-refractivity contribution in [3.05, 3.63) is 99.0 Å². The molecule has 0 saturated carbocycles. The summed E-state index contributed by atoms with van der Waals surface area (Å²) in [6.45, 7) is 5.63. The van der Waals surface area contributed by atoms with E-state index in [1.54, 1.807) is 30.3 Å². The zero-order valence-electron chi connectivity index (χ0n) is 23.2. The summed E-state index contributed by atoms with van der Waals surface area (Å²) in [4.78, 5) is 29.1. The minimum absolute atomic E-state index is 0.0250. The van der Waals surface area contributed by atoms with E-state index in [0.29, 0.717) is 27.8 Å². The van der Waals surface area contributed by atoms with E-state index in [2.05, 4.69) is 5.32 Å². The van der Waals surface area contributed by atoms with Crippen LogP contribution in [0.2, 0.25) is 10.0 Å². The number of halogens is 2. The first-order chi connectivity index (χ1) is 18.9. The average Bonchev–Trinajstić information content (AvgIpc) is 2.91. The monoisotopic (exact) mass is 603 g/mol. The first-order valence-corrected chi connectivity index (χ1v) is 15.6. The zero-order chi connectivity index (χ0) is 29.4. The van der Waals surface area contributed by atoms with Crippen molar-refractivity contribution in [1.82, 2.24) is 10.2 Å². The van der Waals surface area contributed by atoms with Crippen molar-refractivity contribution in [2.24, 2.45) is 0 Å². The minimum Gasteiger partial charge on any atom is -0.354 e. The molecule has 0 fully saturated rings. The van der Waals surface area contributed by atoms with Gasteiger partial charge in [-0.3, -0.25) is 13.9 Å². The molecule has 10 heteroatoms. The number of rotatable bonds is 12. The molecule has 1 atom stereocenters. The van der Waals surface area contributed by atoms with Crippen LogP contribution < -0.4 is 9.62 Å². The van der Waals surface area contributed by atoms with Crippen molar-refractivity contribution >= 4 is 50.7 Å². The Kier molecular flexibility index (Phi) is 11.0. The smallest absolute Gasteiger partial charge is 0.244 e. The summed E-state index contributed by atoms with van der Waals surface area (Å²) in [6, 6.07) is 18.8. The fourth-order valence-electron chi connectivity index (χ4n) is 4.36. The number of benzene rings is 3. The second-order valence-electron chi connectivity index (χ2n) is 9.76. The molecule has 3 aromatic carbocycles. The van der Waals surface area contributed by atoms with Crippen LogP contribution in [0, 0.1) is 13.8 Å². The van der Waals surface area contributed by atoms with E-state index in [4.69, 9.17) is 23.2 Å². The quantitative estimate of drug-likeness (QED) is 0.294. The third-order valence-electron chi connectivity index (χ3n) is 6.68. The van der Waals surface area contributed by atoms with E-state index in [-0.39, 0.29) is 18.9 Å². The van der Waals surface area contributed by atoms with Gasteiger partial charge in [-0.15, -0.1) is 0 Å². The number of nitrogens with one attached hydrogen (secondary N) is 1. The van der Waals surface area contributed by atoms with Gasteiger partial charge in [-0.25, -0.2) is 8.42 Å². The Balaban J connectivity index is 2.09. The summed E-state index contributed by atoms with van der Waals surface area (Å²) in [7, 11) is -3.84. The van der Waals surface area contributed by atoms with Gasteiger partial charge < -0.3 is 10.2 Å². The number of amides is 2. The Bertz CT molecular complexity index is 1450. The molecule has 0 aromatic heterocycles. The number of carbonyl (C=O) groups is 2. The molecule has 3 rings (SSSR count). The molecule has 0 aliphatic rings. The van der Waals surface area contributed by atoms with Crippen molar-refractivity contribution in [3.63, 3.8) is 0 Å². The van der Waals surface area contributed by atoms with Gasteiger partial charge in [0, 0.05) is 19.5 Å². The van der Waals surface area contributed by atoms with Gasteiger partial charge in [-0.1, -0.05) is 78.7 Å². The van der Waals surface area contributed by atoms with Gasteiger partial charge in [-0.2, -0.15) is 0 Å². The first-order valence-electron chi connectivity index (χ1n) is 13.0. The second-order valence-corrected chi connectivity index (χ2v) is 12.5. The van der Waals surface area contributed by atoms with Gasteiger partial charge in [-0.05, 0) is 60.7 Å². The maximum absolute atomic E-state index is 14.1. The summed E-state index contributed by atoms with van der Waals surface area (Å²) < 4.78 is 27.0. The summed E-state index contributed by atoms with van der Waals surface area (Å²) in [5, 5.41) is 3.59. The number of anilines is 1. The third-order valence-corrected chi connectivity index (χ3v) is 8.55. The van der Waals surface area contributed by atoms with Crippen molar-refractivity contribution in [3.8, 4) is 0 Å². The maximum atomic E-state index is 14.1. The molecule has 7 nitrogen and oxygen atoms in total. The van der Waals surface area contributed by atoms with Gasteiger partial charge in [0.25, 0.3) is 0 Å². The predicted octanol–water partition coefficient (Wildman–Crippen LogP) is 5.54. The highest BCUT2D eigenvalue weighted by atomic mass is 35.5. The van der Waals surface area contributed by atoms with Crippen LogP contribution in [0.4, 0.5) is 5.69 Å². The molecule has 1 unspecified atom stereocenters. The highest BCUT2D eigenvalue weighted by molar-refractivity contribution is 7.92. The van der Waals surface area contributed by atoms with Crippen molar-refractivity contribution in [2.75, 3.05) is 23.7 Å². The molecule has 214 valence electrons. The SMILES string of the molecule is CCCNC(=O)C(Cc1ccccc1)N(Cc1ccc(Cl)c(Cl)c1)C(=O)CN(c1cccc(C)c1C)S(C)(=O)=O. The van der Waals surface area contributed by atoms with Crippen LogP contribution in [0.1, 0.15) is 35.6 Å². The van der Waals surface area contributed by atoms with E-state index in [9.17, 15) is 18.0 Å². The number of hydrogen-bond acceptors (Lipinski definition) is 4. The van der Waals surface area contributed by atoms with E-state index in [0.717, 1.165) is 33.7 Å². The van der Waals surface area contributed by atoms with E-state index >= 15 is 0 Å². The van der Waals surface area contributed by atoms with Crippen LogP contribution in [-0.2, 0) is 32.6 Å². The summed E-state index contributed by atoms with van der Waals surface area (Å²) in [5.41, 5.74) is 3.58. The Morgan fingerprint density at radius 1 is 0.925 bits per heavy atom. The average molecular weight is 605 g/mol. The molecule has 0 bridgehead atoms. The summed E-state index contributed by atoms with van der Waals surface area (Å²) in [5.74, 6) is -0.846. The normalized spacial score (nSPS) is 12.1. The Labute approximate surface area is 247 Å². The molecule has 0 radical (unpaired) electrons. The second kappa shape index (κ2) is 14.0. The topological polar surface area (TPSA) is 86.8 Å². The van der Waals surface area contributed by atoms with E-state index < -0.39 is 28.5 Å². The van der Waals surface area contributed by atoms with E-state index in [1.165, 1.54) is 4.90 Å². The first kappa shape index (κ1) is 31.5. The molecule has 0 spiro atoms. The lowest BCUT2D eigenvalue weighted by molar-refractivity contribution is -0.140. The molecule has 3 aromatic rings. The van der Waals surface area contributed by atoms with Crippen LogP contribution in [0.15, 0.2) is 66.7 Å². The molecule has 0 aliphatic carbocycles. The van der Waals surface area contributed by atoms with Gasteiger partial charge in [0.15, 0.2) is 0 Å². The number of sulfonamides is 1. The summed E-state index contributed by atoms with van der Waals surface area (Å²) in [6.07, 6.45) is 2.03. The van der Waals surface area contributed by atoms with Crippen LogP contribution >= 0.6 is 23.2 Å². The molecule has 1 N–H and O–H groups in total. The fraction of sp³-hybridized carbons (Fsp3) is 0.333. The lowest BCUT2D eigenvalue weighted by Crippen LogP contribution is -2.53. The van der Waals surface area contributed by atoms with E-state index in [1.807, 2.05) is 57.2 Å². The van der Waals surface area contributed by atoms with Crippen molar-refractivity contribution in [2.45, 2.75) is 46.2 Å². The number of hydrogen-bond donors (Lipinski definition) is 1. The standard InChI is InChI=1S/C30H35Cl2N3O4S/c1-5-16-33-30(37)28(18-23-11-7-6-8-12-23)34(19-24-14-15-25(31)26(32)17-24)29(36)20-35(40(4,38)39)27-13-9-10-21(2)22(27)3/h6-15,17,28H,5,16,18-20H2,1-4H3,(H,33,37). The van der Waals surface area contributed by atoms with Gasteiger partial charge in [0.1, 0.15) is 12.6 Å². The van der Waals surface area contributed by atoms with Gasteiger partial charge >= 0.3 is 0 Å². The predicted molar refractivity (Wildman–Crippen MR) is 162 cm³/mol. The third kappa shape index (κ3) is 8.22. The number of aryl methyl sites for hydroxylation is 1. The van der Waals surface area contributed by atoms with Crippen LogP contribution in [0.25, 0.3) is 0 Å². The Morgan fingerprint density at radius 3 is 2.25 bits per heavy atom. The van der Waals surface area contributed by atoms with Crippen LogP contribution in [0.3, 0.4) is 0 Å². The highest BCUT2D eigenvalue weighted by Gasteiger charge is 2.33. The number of nitrogens with zero attached hydrogens (tertiary/aromatic N) is 2. The molecular weight excluding hydrogens is 569 g/mol. The van der Waals surface area contributed by atoms with Crippen molar-refractivity contribution < 1.29 is 18.0 Å². The summed E-state index contributed by atoms with van der Waals surface area (Å²) >= 11 is 12.4. The minimum atomic E-state index is -3.84. The lowest BCUT2D eigenvalue weighted by Gasteiger charge is -2.34. The number of carbonyl (C=O) groups excluding carboxylic acids is 2. The zero-order valence-corrected chi connectivity index (χ0v) is 25.5. The molecule has 0 aliphatic heterocycles. The van der Waals surface area contributed by atoms with Crippen LogP contribution in [0.5, 0.6) is 0 Å².